The van der Waals surface area contributed by atoms with Crippen LogP contribution in [0, 0.1) is 0 Å². The van der Waals surface area contributed by atoms with E-state index in [0.29, 0.717) is 18.7 Å². The van der Waals surface area contributed by atoms with Crippen LogP contribution in [-0.4, -0.2) is 39.8 Å². The van der Waals surface area contributed by atoms with E-state index in [1.807, 2.05) is 11.8 Å². The van der Waals surface area contributed by atoms with Gasteiger partial charge in [-0.15, -0.1) is 0 Å². The van der Waals surface area contributed by atoms with E-state index in [1.165, 1.54) is 0 Å². The van der Waals surface area contributed by atoms with Gasteiger partial charge in [0.05, 0.1) is 11.2 Å². The van der Waals surface area contributed by atoms with Crippen LogP contribution in [-0.2, 0) is 6.54 Å². The summed E-state index contributed by atoms with van der Waals surface area (Å²) >= 11 is 0. The molecule has 0 radical (unpaired) electrons. The second-order valence-corrected chi connectivity index (χ2v) is 5.30. The number of nitrogen functional groups attached to an aromatic ring is 1. The van der Waals surface area contributed by atoms with Crippen molar-refractivity contribution in [2.75, 3.05) is 18.8 Å². The fourth-order valence-corrected chi connectivity index (χ4v) is 2.08. The van der Waals surface area contributed by atoms with Gasteiger partial charge in [0.15, 0.2) is 0 Å². The molecule has 106 valence electrons. The summed E-state index contributed by atoms with van der Waals surface area (Å²) in [4.78, 5) is 13.2. The van der Waals surface area contributed by atoms with Crippen molar-refractivity contribution in [2.45, 2.75) is 32.9 Å². The minimum Gasteiger partial charge on any atom is -0.478 e. The summed E-state index contributed by atoms with van der Waals surface area (Å²) in [5, 5.41) is 19.1. The van der Waals surface area contributed by atoms with Crippen molar-refractivity contribution in [3.05, 3.63) is 29.3 Å². The van der Waals surface area contributed by atoms with E-state index in [4.69, 9.17) is 5.73 Å². The van der Waals surface area contributed by atoms with Crippen LogP contribution in [0.4, 0.5) is 5.69 Å². The van der Waals surface area contributed by atoms with Gasteiger partial charge in [-0.3, -0.25) is 4.90 Å². The van der Waals surface area contributed by atoms with Gasteiger partial charge in [0.2, 0.25) is 0 Å². The zero-order valence-electron chi connectivity index (χ0n) is 11.7. The summed E-state index contributed by atoms with van der Waals surface area (Å²) in [5.41, 5.74) is 5.98. The molecule has 1 rings (SSSR count). The minimum atomic E-state index is -1.02. The number of hydrogen-bond acceptors (Lipinski definition) is 4. The van der Waals surface area contributed by atoms with Crippen molar-refractivity contribution in [1.82, 2.24) is 4.90 Å². The van der Waals surface area contributed by atoms with Gasteiger partial charge in [-0.05, 0) is 32.0 Å². The van der Waals surface area contributed by atoms with Gasteiger partial charge in [0.25, 0.3) is 0 Å². The van der Waals surface area contributed by atoms with Gasteiger partial charge in [-0.25, -0.2) is 4.79 Å². The van der Waals surface area contributed by atoms with Crippen LogP contribution in [0.2, 0.25) is 0 Å². The van der Waals surface area contributed by atoms with E-state index in [2.05, 4.69) is 0 Å². The first-order valence-corrected chi connectivity index (χ1v) is 6.30. The van der Waals surface area contributed by atoms with Crippen molar-refractivity contribution in [2.24, 2.45) is 0 Å². The predicted molar refractivity (Wildman–Crippen MR) is 75.1 cm³/mol. The SMILES string of the molecule is CCN(Cc1cccc(N)c1C(=O)O)CC(C)(C)O. The molecule has 0 unspecified atom stereocenters. The molecule has 0 saturated carbocycles. The zero-order valence-corrected chi connectivity index (χ0v) is 11.7. The molecule has 0 aliphatic rings. The monoisotopic (exact) mass is 266 g/mol. The van der Waals surface area contributed by atoms with E-state index in [0.717, 1.165) is 6.54 Å². The molecule has 0 atom stereocenters. The highest BCUT2D eigenvalue weighted by atomic mass is 16.4. The molecular formula is C14H22N2O3. The number of anilines is 1. The van der Waals surface area contributed by atoms with Crippen molar-refractivity contribution < 1.29 is 15.0 Å². The molecule has 1 aromatic carbocycles. The maximum absolute atomic E-state index is 11.2. The first-order valence-electron chi connectivity index (χ1n) is 6.30. The topological polar surface area (TPSA) is 86.8 Å². The highest BCUT2D eigenvalue weighted by Gasteiger charge is 2.20. The van der Waals surface area contributed by atoms with Crippen molar-refractivity contribution in [1.29, 1.82) is 0 Å². The Balaban J connectivity index is 2.98. The normalized spacial score (nSPS) is 11.8. The van der Waals surface area contributed by atoms with Gasteiger partial charge >= 0.3 is 5.97 Å². The minimum absolute atomic E-state index is 0.150. The zero-order chi connectivity index (χ0) is 14.6. The first kappa shape index (κ1) is 15.5. The Morgan fingerprint density at radius 1 is 1.42 bits per heavy atom. The Bertz CT molecular complexity index is 452. The third kappa shape index (κ3) is 4.54. The molecule has 0 aliphatic carbocycles. The van der Waals surface area contributed by atoms with Crippen LogP contribution in [0.25, 0.3) is 0 Å². The Labute approximate surface area is 113 Å². The number of carboxylic acid groups (broad SMARTS) is 1. The number of benzene rings is 1. The maximum Gasteiger partial charge on any atom is 0.338 e. The molecule has 5 nitrogen and oxygen atoms in total. The number of rotatable bonds is 6. The highest BCUT2D eigenvalue weighted by molar-refractivity contribution is 5.95. The highest BCUT2D eigenvalue weighted by Crippen LogP contribution is 2.19. The van der Waals surface area contributed by atoms with Gasteiger partial charge in [-0.2, -0.15) is 0 Å². The molecule has 0 fully saturated rings. The van der Waals surface area contributed by atoms with E-state index < -0.39 is 11.6 Å². The summed E-state index contributed by atoms with van der Waals surface area (Å²) in [6.07, 6.45) is 0. The molecule has 0 aromatic heterocycles. The van der Waals surface area contributed by atoms with Crippen molar-refractivity contribution in [3.8, 4) is 0 Å². The fraction of sp³-hybridized carbons (Fsp3) is 0.500. The average molecular weight is 266 g/mol. The number of hydrogen-bond donors (Lipinski definition) is 3. The van der Waals surface area contributed by atoms with Crippen molar-refractivity contribution >= 4 is 11.7 Å². The Kier molecular flexibility index (Phi) is 4.91. The number of nitrogens with two attached hydrogens (primary N) is 1. The molecule has 0 heterocycles. The summed E-state index contributed by atoms with van der Waals surface area (Å²) in [7, 11) is 0. The maximum atomic E-state index is 11.2. The van der Waals surface area contributed by atoms with E-state index in [9.17, 15) is 15.0 Å². The molecular weight excluding hydrogens is 244 g/mol. The number of aromatic carboxylic acids is 1. The summed E-state index contributed by atoms with van der Waals surface area (Å²) < 4.78 is 0. The molecule has 19 heavy (non-hydrogen) atoms. The van der Waals surface area contributed by atoms with Gasteiger partial charge in [0, 0.05) is 18.8 Å². The lowest BCUT2D eigenvalue weighted by molar-refractivity contribution is 0.0352. The molecule has 5 heteroatoms. The van der Waals surface area contributed by atoms with Gasteiger partial charge in [-0.1, -0.05) is 19.1 Å². The van der Waals surface area contributed by atoms with Crippen LogP contribution in [0.3, 0.4) is 0 Å². The first-order chi connectivity index (χ1) is 8.74. The number of likely N-dealkylation sites (N-methyl/N-ethyl adjacent to an activating group) is 1. The second kappa shape index (κ2) is 6.04. The fourth-order valence-electron chi connectivity index (χ4n) is 2.08. The van der Waals surface area contributed by atoms with E-state index in [1.54, 1.807) is 32.0 Å². The number of carbonyl (C=O) groups is 1. The molecule has 1 aromatic rings. The summed E-state index contributed by atoms with van der Waals surface area (Å²) in [6.45, 7) is 7.07. The lowest BCUT2D eigenvalue weighted by Crippen LogP contribution is -2.38. The lowest BCUT2D eigenvalue weighted by atomic mass is 10.0. The Morgan fingerprint density at radius 3 is 2.53 bits per heavy atom. The molecule has 0 spiro atoms. The van der Waals surface area contributed by atoms with Crippen LogP contribution in [0.15, 0.2) is 18.2 Å². The lowest BCUT2D eigenvalue weighted by Gasteiger charge is -2.28. The van der Waals surface area contributed by atoms with Crippen LogP contribution >= 0.6 is 0 Å². The molecule has 4 N–H and O–H groups in total. The average Bonchev–Trinajstić information content (AvgIpc) is 2.25. The Morgan fingerprint density at radius 2 is 2.05 bits per heavy atom. The predicted octanol–water partition coefficient (Wildman–Crippen LogP) is 1.56. The quantitative estimate of drug-likeness (QED) is 0.680. The number of nitrogens with zero attached hydrogens (tertiary/aromatic N) is 1. The van der Waals surface area contributed by atoms with Crippen LogP contribution < -0.4 is 5.73 Å². The summed E-state index contributed by atoms with van der Waals surface area (Å²) in [5.74, 6) is -1.02. The largest absolute Gasteiger partial charge is 0.478 e. The number of carboxylic acids is 1. The molecule has 0 bridgehead atoms. The molecule has 0 saturated heterocycles. The van der Waals surface area contributed by atoms with Gasteiger partial charge < -0.3 is 15.9 Å². The second-order valence-electron chi connectivity index (χ2n) is 5.30. The smallest absolute Gasteiger partial charge is 0.338 e. The molecule has 0 amide bonds. The third-order valence-electron chi connectivity index (χ3n) is 2.85. The van der Waals surface area contributed by atoms with Gasteiger partial charge in [0.1, 0.15) is 0 Å². The van der Waals surface area contributed by atoms with Crippen LogP contribution in [0.5, 0.6) is 0 Å². The summed E-state index contributed by atoms with van der Waals surface area (Å²) in [6, 6.07) is 5.08. The third-order valence-corrected chi connectivity index (χ3v) is 2.85. The Hall–Kier alpha value is -1.59. The number of aliphatic hydroxyl groups is 1. The van der Waals surface area contributed by atoms with Crippen molar-refractivity contribution in [3.63, 3.8) is 0 Å². The van der Waals surface area contributed by atoms with Crippen LogP contribution in [0.1, 0.15) is 36.7 Å². The molecule has 0 aliphatic heterocycles. The van der Waals surface area contributed by atoms with E-state index >= 15 is 0 Å². The van der Waals surface area contributed by atoms with E-state index in [-0.39, 0.29) is 11.3 Å². The standard InChI is InChI=1S/C14H22N2O3/c1-4-16(9-14(2,3)19)8-10-6-5-7-11(15)12(10)13(17)18/h5-7,19H,4,8-9,15H2,1-3H3,(H,17,18).